The van der Waals surface area contributed by atoms with Gasteiger partial charge in [-0.05, 0) is 50.9 Å². The number of benzene rings is 1. The first-order valence-electron chi connectivity index (χ1n) is 12.2. The second-order valence-corrected chi connectivity index (χ2v) is 9.97. The number of carbonyl (C=O) groups is 2. The number of anilines is 2. The molecule has 9 nitrogen and oxygen atoms in total. The quantitative estimate of drug-likeness (QED) is 0.544. The lowest BCUT2D eigenvalue weighted by Crippen LogP contribution is -2.44. The largest absolute Gasteiger partial charge is 0.366 e. The minimum Gasteiger partial charge on any atom is -0.366 e. The number of likely N-dealkylation sites (N-methyl/N-ethyl adjacent to an activating group) is 1. The summed E-state index contributed by atoms with van der Waals surface area (Å²) in [5, 5.41) is 10.4. The minimum atomic E-state index is -0.453. The third-order valence-electron chi connectivity index (χ3n) is 7.08. The van der Waals surface area contributed by atoms with Gasteiger partial charge >= 0.3 is 0 Å². The van der Waals surface area contributed by atoms with Gasteiger partial charge in [0, 0.05) is 38.1 Å². The average Bonchev–Trinajstić information content (AvgIpc) is 3.30. The van der Waals surface area contributed by atoms with Crippen molar-refractivity contribution < 1.29 is 14.0 Å². The van der Waals surface area contributed by atoms with Crippen LogP contribution in [0.1, 0.15) is 36.0 Å². The molecule has 0 atom stereocenters. The summed E-state index contributed by atoms with van der Waals surface area (Å²) in [6.45, 7) is 3.84. The summed E-state index contributed by atoms with van der Waals surface area (Å²) in [5.74, 6) is -0.996. The number of fused-ring (bicyclic) bond motifs is 1. The SMILES string of the molecule is CN1CCN(c2cnc3c(C(=O)N[C@H]4CC[C@H](C(=O)Nc5ccc(F)cc5Cl)CC4)cnn3c2)CC1. The van der Waals surface area contributed by atoms with Gasteiger partial charge in [0.25, 0.3) is 5.91 Å². The van der Waals surface area contributed by atoms with Crippen molar-refractivity contribution >= 4 is 40.4 Å². The van der Waals surface area contributed by atoms with Gasteiger partial charge in [-0.25, -0.2) is 13.9 Å². The molecular formula is C25H29ClFN7O2. The Bertz CT molecular complexity index is 1270. The van der Waals surface area contributed by atoms with Gasteiger partial charge in [-0.15, -0.1) is 0 Å². The van der Waals surface area contributed by atoms with E-state index < -0.39 is 5.82 Å². The van der Waals surface area contributed by atoms with Gasteiger partial charge < -0.3 is 20.4 Å². The minimum absolute atomic E-state index is 0.0319. The van der Waals surface area contributed by atoms with Crippen molar-refractivity contribution in [2.45, 2.75) is 31.7 Å². The van der Waals surface area contributed by atoms with Crippen LogP contribution in [0.2, 0.25) is 5.02 Å². The second-order valence-electron chi connectivity index (χ2n) is 9.56. The molecule has 5 rings (SSSR count). The summed E-state index contributed by atoms with van der Waals surface area (Å²) in [5.41, 5.74) is 2.35. The van der Waals surface area contributed by atoms with Crippen molar-refractivity contribution in [3.8, 4) is 0 Å². The molecule has 3 heterocycles. The molecule has 0 radical (unpaired) electrons. The van der Waals surface area contributed by atoms with E-state index >= 15 is 0 Å². The number of piperazine rings is 1. The maximum Gasteiger partial charge on any atom is 0.256 e. The summed E-state index contributed by atoms with van der Waals surface area (Å²) in [6.07, 6.45) is 7.91. The maximum absolute atomic E-state index is 13.2. The summed E-state index contributed by atoms with van der Waals surface area (Å²) >= 11 is 6.02. The number of halogens is 2. The monoisotopic (exact) mass is 513 g/mol. The molecule has 2 N–H and O–H groups in total. The Kier molecular flexibility index (Phi) is 7.06. The fourth-order valence-electron chi connectivity index (χ4n) is 4.84. The van der Waals surface area contributed by atoms with Gasteiger partial charge in [0.15, 0.2) is 5.65 Å². The highest BCUT2D eigenvalue weighted by Gasteiger charge is 2.28. The number of aromatic nitrogens is 3. The first-order valence-corrected chi connectivity index (χ1v) is 12.6. The van der Waals surface area contributed by atoms with Gasteiger partial charge in [0.1, 0.15) is 11.4 Å². The van der Waals surface area contributed by atoms with Crippen molar-refractivity contribution in [2.75, 3.05) is 43.4 Å². The fraction of sp³-hybridized carbons (Fsp3) is 0.440. The van der Waals surface area contributed by atoms with E-state index in [0.29, 0.717) is 42.6 Å². The molecule has 2 aliphatic rings. The highest BCUT2D eigenvalue weighted by atomic mass is 35.5. The zero-order valence-corrected chi connectivity index (χ0v) is 20.8. The Hall–Kier alpha value is -3.24. The van der Waals surface area contributed by atoms with Crippen molar-refractivity contribution in [3.05, 3.63) is 53.2 Å². The Labute approximate surface area is 213 Å². The van der Waals surface area contributed by atoms with Crippen molar-refractivity contribution in [3.63, 3.8) is 0 Å². The summed E-state index contributed by atoms with van der Waals surface area (Å²) in [7, 11) is 2.11. The maximum atomic E-state index is 13.2. The fourth-order valence-corrected chi connectivity index (χ4v) is 5.06. The Morgan fingerprint density at radius 3 is 2.56 bits per heavy atom. The number of rotatable bonds is 5. The van der Waals surface area contributed by atoms with Crippen molar-refractivity contribution in [1.82, 2.24) is 24.8 Å². The van der Waals surface area contributed by atoms with E-state index in [1.54, 1.807) is 16.9 Å². The van der Waals surface area contributed by atoms with E-state index in [4.69, 9.17) is 11.6 Å². The predicted octanol–water partition coefficient (Wildman–Crippen LogP) is 3.20. The third-order valence-corrected chi connectivity index (χ3v) is 7.39. The summed E-state index contributed by atoms with van der Waals surface area (Å²) in [6, 6.07) is 3.86. The van der Waals surface area contributed by atoms with Gasteiger partial charge in [0.2, 0.25) is 5.91 Å². The molecule has 3 aromatic rings. The van der Waals surface area contributed by atoms with Gasteiger partial charge in [0.05, 0.1) is 35.0 Å². The molecule has 1 saturated heterocycles. The number of amides is 2. The summed E-state index contributed by atoms with van der Waals surface area (Å²) in [4.78, 5) is 34.7. The van der Waals surface area contributed by atoms with Crippen LogP contribution in [-0.4, -0.2) is 70.6 Å². The topological polar surface area (TPSA) is 94.9 Å². The Morgan fingerprint density at radius 1 is 1.08 bits per heavy atom. The number of nitrogens with one attached hydrogen (secondary N) is 2. The molecule has 0 spiro atoms. The number of hydrogen-bond acceptors (Lipinski definition) is 6. The first-order chi connectivity index (χ1) is 17.4. The molecule has 2 amide bonds. The Balaban J connectivity index is 1.16. The second kappa shape index (κ2) is 10.4. The zero-order chi connectivity index (χ0) is 25.2. The van der Waals surface area contributed by atoms with Crippen LogP contribution in [0.5, 0.6) is 0 Å². The third kappa shape index (κ3) is 5.29. The molecule has 1 aliphatic heterocycles. The molecule has 11 heteroatoms. The molecular weight excluding hydrogens is 485 g/mol. The number of nitrogens with zero attached hydrogens (tertiary/aromatic N) is 5. The number of hydrogen-bond donors (Lipinski definition) is 2. The lowest BCUT2D eigenvalue weighted by molar-refractivity contribution is -0.120. The van der Waals surface area contributed by atoms with Crippen LogP contribution >= 0.6 is 11.6 Å². The van der Waals surface area contributed by atoms with Crippen molar-refractivity contribution in [2.24, 2.45) is 5.92 Å². The van der Waals surface area contributed by atoms with E-state index in [0.717, 1.165) is 31.9 Å². The molecule has 1 aliphatic carbocycles. The van der Waals surface area contributed by atoms with Crippen molar-refractivity contribution in [1.29, 1.82) is 0 Å². The van der Waals surface area contributed by atoms with E-state index in [9.17, 15) is 14.0 Å². The van der Waals surface area contributed by atoms with E-state index in [1.807, 2.05) is 6.20 Å². The molecule has 0 unspecified atom stereocenters. The first kappa shape index (κ1) is 24.5. The van der Waals surface area contributed by atoms with E-state index in [-0.39, 0.29) is 28.8 Å². The smallest absolute Gasteiger partial charge is 0.256 e. The van der Waals surface area contributed by atoms with Crippen LogP contribution in [0.4, 0.5) is 15.8 Å². The summed E-state index contributed by atoms with van der Waals surface area (Å²) < 4.78 is 14.9. The molecule has 1 aromatic carbocycles. The van der Waals surface area contributed by atoms with E-state index in [1.165, 1.54) is 18.2 Å². The van der Waals surface area contributed by atoms with Crippen LogP contribution in [0.25, 0.3) is 5.65 Å². The van der Waals surface area contributed by atoms with Crippen LogP contribution in [0.15, 0.2) is 36.8 Å². The molecule has 0 bridgehead atoms. The highest BCUT2D eigenvalue weighted by molar-refractivity contribution is 6.33. The Morgan fingerprint density at radius 2 is 1.83 bits per heavy atom. The average molecular weight is 514 g/mol. The molecule has 1 saturated carbocycles. The molecule has 2 aromatic heterocycles. The molecule has 36 heavy (non-hydrogen) atoms. The molecule has 190 valence electrons. The standard InChI is InChI=1S/C25H29ClFN7O2/c1-32-8-10-33(11-9-32)19-13-28-23-20(14-29-34(23)15-19)25(36)30-18-5-2-16(3-6-18)24(35)31-22-7-4-17(27)12-21(22)26/h4,7,12-16,18H,2-3,5-6,8-11H2,1H3,(H,30,36)(H,31,35)/t16-,18-. The molecule has 2 fully saturated rings. The lowest BCUT2D eigenvalue weighted by Gasteiger charge is -2.33. The zero-order valence-electron chi connectivity index (χ0n) is 20.1. The number of carbonyl (C=O) groups excluding carboxylic acids is 2. The normalized spacial score (nSPS) is 20.9. The van der Waals surface area contributed by atoms with Gasteiger partial charge in [-0.1, -0.05) is 11.6 Å². The van der Waals surface area contributed by atoms with Crippen LogP contribution in [0, 0.1) is 11.7 Å². The van der Waals surface area contributed by atoms with Gasteiger partial charge in [-0.2, -0.15) is 5.10 Å². The van der Waals surface area contributed by atoms with Crippen LogP contribution in [-0.2, 0) is 4.79 Å². The predicted molar refractivity (Wildman–Crippen MR) is 136 cm³/mol. The van der Waals surface area contributed by atoms with Crippen LogP contribution < -0.4 is 15.5 Å². The lowest BCUT2D eigenvalue weighted by atomic mass is 9.85. The van der Waals surface area contributed by atoms with E-state index in [2.05, 4.69) is 37.6 Å². The van der Waals surface area contributed by atoms with Gasteiger partial charge in [-0.3, -0.25) is 9.59 Å². The van der Waals surface area contributed by atoms with Crippen LogP contribution in [0.3, 0.4) is 0 Å². The highest BCUT2D eigenvalue weighted by Crippen LogP contribution is 2.28.